The van der Waals surface area contributed by atoms with Gasteiger partial charge in [0.2, 0.25) is 5.91 Å². The fourth-order valence-electron chi connectivity index (χ4n) is 2.97. The molecule has 1 amide bonds. The first-order valence-corrected chi connectivity index (χ1v) is 8.57. The van der Waals surface area contributed by atoms with Crippen molar-refractivity contribution in [3.63, 3.8) is 0 Å². The fraction of sp³-hybridized carbons (Fsp3) is 0.400. The maximum atomic E-state index is 12.2. The third-order valence-corrected chi connectivity index (χ3v) is 4.29. The van der Waals surface area contributed by atoms with Crippen molar-refractivity contribution in [3.05, 3.63) is 53.9 Å². The molecule has 0 radical (unpaired) electrons. The van der Waals surface area contributed by atoms with E-state index < -0.39 is 0 Å². The van der Waals surface area contributed by atoms with Gasteiger partial charge in [-0.3, -0.25) is 9.78 Å². The first-order chi connectivity index (χ1) is 12.0. The maximum absolute atomic E-state index is 12.2. The summed E-state index contributed by atoms with van der Waals surface area (Å²) in [5, 5.41) is 2.90. The quantitative estimate of drug-likeness (QED) is 0.821. The average Bonchev–Trinajstić information content (AvgIpc) is 2.93. The molecule has 1 aliphatic heterocycles. The minimum Gasteiger partial charge on any atom is -0.488 e. The Balaban J connectivity index is 1.50. The number of ether oxygens (including phenoxy) is 2. The fourth-order valence-corrected chi connectivity index (χ4v) is 2.97. The van der Waals surface area contributed by atoms with Gasteiger partial charge in [-0.1, -0.05) is 18.2 Å². The highest BCUT2D eigenvalue weighted by atomic mass is 16.5. The van der Waals surface area contributed by atoms with Crippen molar-refractivity contribution in [2.45, 2.75) is 38.7 Å². The molecule has 1 N–H and O–H groups in total. The van der Waals surface area contributed by atoms with E-state index in [0.29, 0.717) is 13.2 Å². The van der Waals surface area contributed by atoms with Crippen LogP contribution in [0.15, 0.2) is 42.7 Å². The van der Waals surface area contributed by atoms with Crippen LogP contribution < -0.4 is 14.8 Å². The molecule has 0 saturated heterocycles. The molecule has 0 bridgehead atoms. The molecule has 5 nitrogen and oxygen atoms in total. The molecule has 1 atom stereocenters. The Morgan fingerprint density at radius 3 is 2.96 bits per heavy atom. The van der Waals surface area contributed by atoms with E-state index in [-0.39, 0.29) is 17.4 Å². The molecule has 2 aromatic rings. The van der Waals surface area contributed by atoms with E-state index >= 15 is 0 Å². The molecular weight excluding hydrogens is 316 g/mol. The highest BCUT2D eigenvalue weighted by molar-refractivity contribution is 5.83. The Bertz CT molecular complexity index is 744. The number of benzene rings is 1. The summed E-state index contributed by atoms with van der Waals surface area (Å²) in [5.41, 5.74) is 1.86. The predicted molar refractivity (Wildman–Crippen MR) is 96.0 cm³/mol. The second-order valence-corrected chi connectivity index (χ2v) is 6.93. The first-order valence-electron chi connectivity index (χ1n) is 8.57. The molecule has 1 aromatic carbocycles. The van der Waals surface area contributed by atoms with Crippen LogP contribution >= 0.6 is 0 Å². The molecule has 5 heteroatoms. The number of rotatable bonds is 6. The normalized spacial score (nSPS) is 15.8. The lowest BCUT2D eigenvalue weighted by atomic mass is 10.0. The molecule has 132 valence electrons. The van der Waals surface area contributed by atoms with Crippen LogP contribution in [-0.4, -0.2) is 29.6 Å². The monoisotopic (exact) mass is 340 g/mol. The number of para-hydroxylation sites is 1. The van der Waals surface area contributed by atoms with Crippen molar-refractivity contribution in [2.75, 3.05) is 13.2 Å². The van der Waals surface area contributed by atoms with Gasteiger partial charge in [-0.15, -0.1) is 0 Å². The van der Waals surface area contributed by atoms with Gasteiger partial charge in [0, 0.05) is 24.4 Å². The molecule has 25 heavy (non-hydrogen) atoms. The van der Waals surface area contributed by atoms with Crippen molar-refractivity contribution < 1.29 is 14.3 Å². The number of nitrogens with one attached hydrogen (secondary N) is 1. The van der Waals surface area contributed by atoms with Crippen LogP contribution in [0.5, 0.6) is 11.5 Å². The lowest BCUT2D eigenvalue weighted by molar-refractivity contribution is -0.122. The average molecular weight is 340 g/mol. The van der Waals surface area contributed by atoms with Crippen LogP contribution in [0.25, 0.3) is 0 Å². The summed E-state index contributed by atoms with van der Waals surface area (Å²) in [6.45, 7) is 6.84. The van der Waals surface area contributed by atoms with Gasteiger partial charge in [0.15, 0.2) is 11.5 Å². The first kappa shape index (κ1) is 17.3. The number of nitrogens with zero attached hydrogens (tertiary/aromatic N) is 1. The largest absolute Gasteiger partial charge is 0.488 e. The predicted octanol–water partition coefficient (Wildman–Crippen LogP) is 3.09. The van der Waals surface area contributed by atoms with E-state index in [9.17, 15) is 4.79 Å². The molecule has 0 saturated carbocycles. The number of carbonyl (C=O) groups is 1. The summed E-state index contributed by atoms with van der Waals surface area (Å²) < 4.78 is 11.8. The van der Waals surface area contributed by atoms with Gasteiger partial charge < -0.3 is 14.8 Å². The van der Waals surface area contributed by atoms with Crippen LogP contribution in [0.3, 0.4) is 0 Å². The lowest BCUT2D eigenvalue weighted by Gasteiger charge is -2.18. The van der Waals surface area contributed by atoms with Crippen molar-refractivity contribution in [1.29, 1.82) is 0 Å². The van der Waals surface area contributed by atoms with Gasteiger partial charge in [0.1, 0.15) is 12.2 Å². The maximum Gasteiger partial charge on any atom is 0.227 e. The van der Waals surface area contributed by atoms with Crippen molar-refractivity contribution in [2.24, 2.45) is 0 Å². The summed E-state index contributed by atoms with van der Waals surface area (Å²) >= 11 is 0. The second-order valence-electron chi connectivity index (χ2n) is 6.93. The molecule has 1 aliphatic rings. The summed E-state index contributed by atoms with van der Waals surface area (Å²) in [4.78, 5) is 16.3. The van der Waals surface area contributed by atoms with E-state index in [2.05, 4.69) is 30.2 Å². The zero-order valence-corrected chi connectivity index (χ0v) is 14.9. The third-order valence-electron chi connectivity index (χ3n) is 4.29. The van der Waals surface area contributed by atoms with E-state index in [0.717, 1.165) is 29.0 Å². The van der Waals surface area contributed by atoms with E-state index in [4.69, 9.17) is 9.47 Å². The Morgan fingerprint density at radius 1 is 1.36 bits per heavy atom. The Morgan fingerprint density at radius 2 is 2.20 bits per heavy atom. The number of aromatic nitrogens is 1. The van der Waals surface area contributed by atoms with Crippen LogP contribution in [-0.2, 0) is 11.2 Å². The number of hydrogen-bond donors (Lipinski definition) is 1. The second kappa shape index (κ2) is 7.13. The highest BCUT2D eigenvalue weighted by Crippen LogP contribution is 2.41. The molecule has 0 fully saturated rings. The number of hydrogen-bond acceptors (Lipinski definition) is 4. The number of amides is 1. The smallest absolute Gasteiger partial charge is 0.227 e. The van der Waals surface area contributed by atoms with Gasteiger partial charge in [-0.2, -0.15) is 0 Å². The SMILES string of the molecule is C[C@H](C(=O)NCCOc1cccc2c1OC(C)(C)C2)c1cccnc1. The van der Waals surface area contributed by atoms with Gasteiger partial charge in [0.05, 0.1) is 12.5 Å². The summed E-state index contributed by atoms with van der Waals surface area (Å²) in [5.74, 6) is 1.28. The molecule has 3 rings (SSSR count). The molecule has 1 aromatic heterocycles. The minimum absolute atomic E-state index is 0.0349. The minimum atomic E-state index is -0.237. The zero-order valence-electron chi connectivity index (χ0n) is 14.9. The van der Waals surface area contributed by atoms with Gasteiger partial charge in [-0.05, 0) is 38.5 Å². The Labute approximate surface area is 148 Å². The standard InChI is InChI=1S/C20H24N2O3/c1-14(16-7-5-9-21-13-16)19(23)22-10-11-24-17-8-4-6-15-12-20(2,3)25-18(15)17/h4-9,13-14H,10-12H2,1-3H3,(H,22,23)/t14-/m0/s1. The Kier molecular flexibility index (Phi) is 4.93. The number of fused-ring (bicyclic) bond motifs is 1. The zero-order chi connectivity index (χ0) is 17.9. The van der Waals surface area contributed by atoms with Crippen molar-refractivity contribution in [3.8, 4) is 11.5 Å². The van der Waals surface area contributed by atoms with E-state index in [1.165, 1.54) is 0 Å². The molecular formula is C20H24N2O3. The molecule has 0 spiro atoms. The highest BCUT2D eigenvalue weighted by Gasteiger charge is 2.32. The third kappa shape index (κ3) is 4.10. The summed E-state index contributed by atoms with van der Waals surface area (Å²) in [6.07, 6.45) is 4.29. The van der Waals surface area contributed by atoms with Crippen LogP contribution in [0.4, 0.5) is 0 Å². The summed E-state index contributed by atoms with van der Waals surface area (Å²) in [6, 6.07) is 9.68. The van der Waals surface area contributed by atoms with Gasteiger partial charge in [0.25, 0.3) is 0 Å². The summed E-state index contributed by atoms with van der Waals surface area (Å²) in [7, 11) is 0. The Hall–Kier alpha value is -2.56. The van der Waals surface area contributed by atoms with Crippen LogP contribution in [0.2, 0.25) is 0 Å². The van der Waals surface area contributed by atoms with Crippen molar-refractivity contribution in [1.82, 2.24) is 10.3 Å². The number of carbonyl (C=O) groups excluding carboxylic acids is 1. The lowest BCUT2D eigenvalue weighted by Crippen LogP contribution is -2.31. The van der Waals surface area contributed by atoms with Crippen molar-refractivity contribution >= 4 is 5.91 Å². The van der Waals surface area contributed by atoms with Crippen LogP contribution in [0, 0.1) is 0 Å². The molecule has 0 unspecified atom stereocenters. The molecule has 2 heterocycles. The molecule has 0 aliphatic carbocycles. The number of pyridine rings is 1. The van der Waals surface area contributed by atoms with E-state index in [1.807, 2.05) is 31.2 Å². The van der Waals surface area contributed by atoms with Crippen LogP contribution in [0.1, 0.15) is 37.8 Å². The van der Waals surface area contributed by atoms with Gasteiger partial charge >= 0.3 is 0 Å². The topological polar surface area (TPSA) is 60.5 Å². The van der Waals surface area contributed by atoms with E-state index in [1.54, 1.807) is 12.4 Å². The van der Waals surface area contributed by atoms with Gasteiger partial charge in [-0.25, -0.2) is 0 Å².